The Balaban J connectivity index is 1.52. The molecule has 0 bridgehead atoms. The zero-order chi connectivity index (χ0) is 20.4. The van der Waals surface area contributed by atoms with E-state index in [1.165, 1.54) is 16.9 Å². The van der Waals surface area contributed by atoms with E-state index in [1.807, 2.05) is 16.0 Å². The number of rotatable bonds is 6. The van der Waals surface area contributed by atoms with Crippen LogP contribution in [0.25, 0.3) is 16.2 Å². The Morgan fingerprint density at radius 2 is 1.86 bits per heavy atom. The molecule has 0 fully saturated rings. The van der Waals surface area contributed by atoms with Crippen LogP contribution in [-0.2, 0) is 11.2 Å². The third-order valence-electron chi connectivity index (χ3n) is 4.64. The van der Waals surface area contributed by atoms with Gasteiger partial charge in [-0.15, -0.1) is 11.3 Å². The van der Waals surface area contributed by atoms with Gasteiger partial charge in [0.15, 0.2) is 16.5 Å². The molecule has 0 radical (unpaired) electrons. The van der Waals surface area contributed by atoms with Gasteiger partial charge in [-0.1, -0.05) is 29.8 Å². The number of aromatic nitrogens is 2. The van der Waals surface area contributed by atoms with Gasteiger partial charge >= 0.3 is 0 Å². The molecule has 1 N–H and O–H groups in total. The molecular formula is C22H21N3O3S. The molecular weight excluding hydrogens is 386 g/mol. The highest BCUT2D eigenvalue weighted by molar-refractivity contribution is 7.15. The molecule has 4 aromatic rings. The summed E-state index contributed by atoms with van der Waals surface area (Å²) < 4.78 is 12.5. The van der Waals surface area contributed by atoms with Gasteiger partial charge < -0.3 is 14.8 Å². The van der Waals surface area contributed by atoms with Crippen LogP contribution in [0.3, 0.4) is 0 Å². The van der Waals surface area contributed by atoms with Gasteiger partial charge in [-0.3, -0.25) is 9.20 Å². The summed E-state index contributed by atoms with van der Waals surface area (Å²) in [7, 11) is 3.14. The van der Waals surface area contributed by atoms with E-state index in [2.05, 4.69) is 41.5 Å². The van der Waals surface area contributed by atoms with E-state index in [-0.39, 0.29) is 12.3 Å². The van der Waals surface area contributed by atoms with Gasteiger partial charge in [0.25, 0.3) is 0 Å². The van der Waals surface area contributed by atoms with Crippen LogP contribution in [-0.4, -0.2) is 29.5 Å². The number of carbonyl (C=O) groups excluding carboxylic acids is 1. The van der Waals surface area contributed by atoms with Crippen molar-refractivity contribution in [3.8, 4) is 22.8 Å². The maximum Gasteiger partial charge on any atom is 0.230 e. The van der Waals surface area contributed by atoms with E-state index >= 15 is 0 Å². The fourth-order valence-electron chi connectivity index (χ4n) is 3.10. The van der Waals surface area contributed by atoms with Crippen molar-refractivity contribution in [1.82, 2.24) is 9.38 Å². The first-order valence-corrected chi connectivity index (χ1v) is 9.99. The summed E-state index contributed by atoms with van der Waals surface area (Å²) in [5.74, 6) is 1.08. The third-order valence-corrected chi connectivity index (χ3v) is 5.53. The summed E-state index contributed by atoms with van der Waals surface area (Å²) in [6.45, 7) is 2.06. The molecule has 0 unspecified atom stereocenters. The summed E-state index contributed by atoms with van der Waals surface area (Å²) in [4.78, 5) is 18.1. The average molecular weight is 407 g/mol. The Hall–Kier alpha value is -3.32. The largest absolute Gasteiger partial charge is 0.493 e. The lowest BCUT2D eigenvalue weighted by atomic mass is 10.1. The molecule has 0 aliphatic carbocycles. The molecule has 0 aliphatic rings. The molecule has 0 atom stereocenters. The first kappa shape index (κ1) is 19.0. The fourth-order valence-corrected chi connectivity index (χ4v) is 3.98. The van der Waals surface area contributed by atoms with Crippen LogP contribution < -0.4 is 14.8 Å². The van der Waals surface area contributed by atoms with E-state index in [1.54, 1.807) is 32.4 Å². The number of fused-ring (bicyclic) bond motifs is 1. The summed E-state index contributed by atoms with van der Waals surface area (Å²) in [5.41, 5.74) is 4.73. The summed E-state index contributed by atoms with van der Waals surface area (Å²) in [6.07, 6.45) is 2.23. The molecule has 29 heavy (non-hydrogen) atoms. The lowest BCUT2D eigenvalue weighted by molar-refractivity contribution is -0.115. The lowest BCUT2D eigenvalue weighted by Crippen LogP contribution is -2.15. The Morgan fingerprint density at radius 3 is 2.59 bits per heavy atom. The van der Waals surface area contributed by atoms with Crippen molar-refractivity contribution >= 4 is 27.9 Å². The maximum atomic E-state index is 12.6. The van der Waals surface area contributed by atoms with Gasteiger partial charge in [0.1, 0.15) is 0 Å². The SMILES string of the molecule is COc1ccc(NC(=O)Cc2csc3nc(-c4ccc(C)cc4)cn23)cc1OC. The van der Waals surface area contributed by atoms with Crippen molar-refractivity contribution < 1.29 is 14.3 Å². The van der Waals surface area contributed by atoms with Gasteiger partial charge in [0.2, 0.25) is 5.91 Å². The van der Waals surface area contributed by atoms with Crippen LogP contribution in [0.4, 0.5) is 5.69 Å². The molecule has 0 saturated carbocycles. The standard InChI is InChI=1S/C22H21N3O3S/c1-14-4-6-15(7-5-14)18-12-25-17(13-29-22(25)24-18)11-21(26)23-16-8-9-19(27-2)20(10-16)28-3/h4-10,12-13H,11H2,1-3H3,(H,23,26). The van der Waals surface area contributed by atoms with Gasteiger partial charge in [0.05, 0.1) is 26.3 Å². The Bertz CT molecular complexity index is 1160. The molecule has 0 aliphatic heterocycles. The number of hydrogen-bond donors (Lipinski definition) is 1. The second-order valence-corrected chi connectivity index (χ2v) is 7.50. The molecule has 0 saturated heterocycles. The number of ether oxygens (including phenoxy) is 2. The quantitative estimate of drug-likeness (QED) is 0.509. The molecule has 2 heterocycles. The van der Waals surface area contributed by atoms with E-state index in [9.17, 15) is 4.79 Å². The number of benzene rings is 2. The van der Waals surface area contributed by atoms with E-state index < -0.39 is 0 Å². The highest BCUT2D eigenvalue weighted by Gasteiger charge is 2.13. The molecule has 4 rings (SSSR count). The Kier molecular flexibility index (Phi) is 5.22. The number of amides is 1. The molecule has 148 valence electrons. The predicted molar refractivity (Wildman–Crippen MR) is 115 cm³/mol. The third kappa shape index (κ3) is 3.95. The number of nitrogens with zero attached hydrogens (tertiary/aromatic N) is 2. The number of nitrogens with one attached hydrogen (secondary N) is 1. The van der Waals surface area contributed by atoms with Crippen molar-refractivity contribution in [2.24, 2.45) is 0 Å². The first-order chi connectivity index (χ1) is 14.1. The fraction of sp³-hybridized carbons (Fsp3) is 0.182. The average Bonchev–Trinajstić information content (AvgIpc) is 3.30. The number of hydrogen-bond acceptors (Lipinski definition) is 5. The summed E-state index contributed by atoms with van der Waals surface area (Å²) in [5, 5.41) is 4.88. The molecule has 2 aromatic carbocycles. The number of anilines is 1. The first-order valence-electron chi connectivity index (χ1n) is 9.12. The summed E-state index contributed by atoms with van der Waals surface area (Å²) in [6, 6.07) is 13.6. The maximum absolute atomic E-state index is 12.6. The molecule has 2 aromatic heterocycles. The molecule has 0 spiro atoms. The number of imidazole rings is 1. The normalized spacial score (nSPS) is 10.9. The highest BCUT2D eigenvalue weighted by atomic mass is 32.1. The van der Waals surface area contributed by atoms with Crippen LogP contribution in [0.15, 0.2) is 54.0 Å². The monoisotopic (exact) mass is 407 g/mol. The van der Waals surface area contributed by atoms with Crippen LogP contribution in [0.2, 0.25) is 0 Å². The van der Waals surface area contributed by atoms with Crippen LogP contribution in [0.5, 0.6) is 11.5 Å². The summed E-state index contributed by atoms with van der Waals surface area (Å²) >= 11 is 1.53. The van der Waals surface area contributed by atoms with Gasteiger partial charge in [-0.2, -0.15) is 0 Å². The highest BCUT2D eigenvalue weighted by Crippen LogP contribution is 2.30. The molecule has 6 nitrogen and oxygen atoms in total. The number of thiazole rings is 1. The van der Waals surface area contributed by atoms with Crippen LogP contribution in [0, 0.1) is 6.92 Å². The Labute approximate surface area is 172 Å². The lowest BCUT2D eigenvalue weighted by Gasteiger charge is -2.10. The minimum absolute atomic E-state index is 0.109. The topological polar surface area (TPSA) is 64.9 Å². The van der Waals surface area contributed by atoms with Crippen molar-refractivity contribution in [3.05, 3.63) is 65.3 Å². The second-order valence-electron chi connectivity index (χ2n) is 6.67. The zero-order valence-electron chi connectivity index (χ0n) is 16.4. The number of aryl methyl sites for hydroxylation is 1. The van der Waals surface area contributed by atoms with E-state index in [4.69, 9.17) is 9.47 Å². The van der Waals surface area contributed by atoms with E-state index in [0.717, 1.165) is 21.9 Å². The Morgan fingerprint density at radius 1 is 1.10 bits per heavy atom. The van der Waals surface area contributed by atoms with Crippen LogP contribution >= 0.6 is 11.3 Å². The number of carbonyl (C=O) groups is 1. The number of methoxy groups -OCH3 is 2. The van der Waals surface area contributed by atoms with Crippen molar-refractivity contribution in [2.45, 2.75) is 13.3 Å². The minimum atomic E-state index is -0.109. The predicted octanol–water partition coefficient (Wildman–Crippen LogP) is 4.57. The van der Waals surface area contributed by atoms with Crippen molar-refractivity contribution in [3.63, 3.8) is 0 Å². The van der Waals surface area contributed by atoms with Crippen molar-refractivity contribution in [1.29, 1.82) is 0 Å². The van der Waals surface area contributed by atoms with E-state index in [0.29, 0.717) is 17.2 Å². The van der Waals surface area contributed by atoms with Gasteiger partial charge in [-0.25, -0.2) is 4.98 Å². The second kappa shape index (κ2) is 7.97. The molecule has 1 amide bonds. The zero-order valence-corrected chi connectivity index (χ0v) is 17.2. The van der Waals surface area contributed by atoms with Crippen LogP contribution in [0.1, 0.15) is 11.3 Å². The van der Waals surface area contributed by atoms with Gasteiger partial charge in [0, 0.05) is 34.6 Å². The smallest absolute Gasteiger partial charge is 0.230 e. The van der Waals surface area contributed by atoms with Crippen molar-refractivity contribution in [2.75, 3.05) is 19.5 Å². The molecule has 7 heteroatoms. The van der Waals surface area contributed by atoms with Gasteiger partial charge in [-0.05, 0) is 19.1 Å². The minimum Gasteiger partial charge on any atom is -0.493 e.